The van der Waals surface area contributed by atoms with Crippen LogP contribution in [-0.2, 0) is 0 Å². The van der Waals surface area contributed by atoms with Gasteiger partial charge in [-0.15, -0.1) is 0 Å². The molecule has 0 saturated carbocycles. The summed E-state index contributed by atoms with van der Waals surface area (Å²) in [6.07, 6.45) is 0. The number of halogens is 1. The zero-order valence-corrected chi connectivity index (χ0v) is 13.1. The van der Waals surface area contributed by atoms with Gasteiger partial charge in [0.15, 0.2) is 0 Å². The lowest BCUT2D eigenvalue weighted by Crippen LogP contribution is -1.94. The predicted molar refractivity (Wildman–Crippen MR) is 91.2 cm³/mol. The van der Waals surface area contributed by atoms with Crippen LogP contribution in [0.1, 0.15) is 5.56 Å². The van der Waals surface area contributed by atoms with Gasteiger partial charge in [-0.1, -0.05) is 35.9 Å². The topological polar surface area (TPSA) is 44.5 Å². The molecule has 3 aromatic rings. The fourth-order valence-electron chi connectivity index (χ4n) is 2.51. The molecule has 0 saturated heterocycles. The Hall–Kier alpha value is -2.39. The lowest BCUT2D eigenvalue weighted by Gasteiger charge is -2.14. The molecule has 0 aliphatic heterocycles. The van der Waals surface area contributed by atoms with Gasteiger partial charge < -0.3 is 15.2 Å². The largest absolute Gasteiger partial charge is 0.496 e. The first-order valence-electron chi connectivity index (χ1n) is 6.89. The number of methoxy groups -OCH3 is 1. The average molecular weight is 314 g/mol. The van der Waals surface area contributed by atoms with E-state index in [-0.39, 0.29) is 0 Å². The van der Waals surface area contributed by atoms with Crippen molar-refractivity contribution in [1.82, 2.24) is 0 Å². The number of fused-ring (bicyclic) bond motifs is 1. The van der Waals surface area contributed by atoms with Gasteiger partial charge in [0.25, 0.3) is 0 Å². The van der Waals surface area contributed by atoms with Crippen molar-refractivity contribution >= 4 is 28.1 Å². The van der Waals surface area contributed by atoms with Crippen molar-refractivity contribution in [2.45, 2.75) is 6.92 Å². The molecule has 0 aliphatic carbocycles. The Morgan fingerprint density at radius 1 is 0.955 bits per heavy atom. The molecule has 0 radical (unpaired) electrons. The zero-order valence-electron chi connectivity index (χ0n) is 12.4. The molecule has 0 unspecified atom stereocenters. The zero-order chi connectivity index (χ0) is 15.7. The molecule has 0 spiro atoms. The van der Waals surface area contributed by atoms with E-state index in [4.69, 9.17) is 26.8 Å². The third-order valence-electron chi connectivity index (χ3n) is 3.53. The van der Waals surface area contributed by atoms with Gasteiger partial charge in [0, 0.05) is 16.5 Å². The molecule has 0 aliphatic rings. The number of nitrogens with two attached hydrogens (primary N) is 1. The summed E-state index contributed by atoms with van der Waals surface area (Å²) in [5.41, 5.74) is 7.31. The van der Waals surface area contributed by atoms with Crippen molar-refractivity contribution < 1.29 is 9.47 Å². The van der Waals surface area contributed by atoms with Crippen molar-refractivity contribution in [2.75, 3.05) is 12.8 Å². The van der Waals surface area contributed by atoms with Crippen LogP contribution < -0.4 is 15.2 Å². The monoisotopic (exact) mass is 313 g/mol. The van der Waals surface area contributed by atoms with Gasteiger partial charge in [-0.05, 0) is 36.8 Å². The van der Waals surface area contributed by atoms with Crippen LogP contribution in [0.3, 0.4) is 0 Å². The fraction of sp³-hybridized carbons (Fsp3) is 0.111. The highest BCUT2D eigenvalue weighted by atomic mass is 35.5. The minimum absolute atomic E-state index is 0.498. The van der Waals surface area contributed by atoms with E-state index in [1.807, 2.05) is 49.4 Å². The van der Waals surface area contributed by atoms with Gasteiger partial charge in [-0.25, -0.2) is 0 Å². The number of rotatable bonds is 3. The second-order valence-electron chi connectivity index (χ2n) is 5.06. The Morgan fingerprint density at radius 2 is 1.59 bits per heavy atom. The van der Waals surface area contributed by atoms with Gasteiger partial charge in [0.2, 0.25) is 0 Å². The second-order valence-corrected chi connectivity index (χ2v) is 5.47. The van der Waals surface area contributed by atoms with Gasteiger partial charge in [-0.2, -0.15) is 0 Å². The SMILES string of the molecule is COc1ccc(Oc2c(C)cc(N)cc2Cl)c2ccccc12. The van der Waals surface area contributed by atoms with Crippen LogP contribution in [-0.4, -0.2) is 7.11 Å². The maximum absolute atomic E-state index is 6.26. The third kappa shape index (κ3) is 2.55. The molecule has 4 heteroatoms. The van der Waals surface area contributed by atoms with Gasteiger partial charge in [0.1, 0.15) is 17.2 Å². The van der Waals surface area contributed by atoms with Gasteiger partial charge in [0.05, 0.1) is 12.1 Å². The molecular weight excluding hydrogens is 298 g/mol. The molecule has 112 valence electrons. The molecule has 0 atom stereocenters. The number of nitrogen functional groups attached to an aromatic ring is 1. The van der Waals surface area contributed by atoms with Crippen molar-refractivity contribution in [3.05, 3.63) is 59.1 Å². The molecule has 0 fully saturated rings. The maximum Gasteiger partial charge on any atom is 0.149 e. The smallest absolute Gasteiger partial charge is 0.149 e. The summed E-state index contributed by atoms with van der Waals surface area (Å²) in [5.74, 6) is 2.15. The first-order chi connectivity index (χ1) is 10.6. The first kappa shape index (κ1) is 14.5. The van der Waals surface area contributed by atoms with Gasteiger partial charge in [-0.3, -0.25) is 0 Å². The minimum Gasteiger partial charge on any atom is -0.496 e. The highest BCUT2D eigenvalue weighted by molar-refractivity contribution is 6.32. The molecule has 3 nitrogen and oxygen atoms in total. The summed E-state index contributed by atoms with van der Waals surface area (Å²) in [6, 6.07) is 15.2. The van der Waals surface area contributed by atoms with E-state index < -0.39 is 0 Å². The van der Waals surface area contributed by atoms with E-state index in [0.29, 0.717) is 16.5 Å². The van der Waals surface area contributed by atoms with E-state index in [2.05, 4.69) is 0 Å². The van der Waals surface area contributed by atoms with Crippen LogP contribution in [0.5, 0.6) is 17.2 Å². The van der Waals surface area contributed by atoms with Crippen molar-refractivity contribution in [2.24, 2.45) is 0 Å². The molecular formula is C18H16ClNO2. The quantitative estimate of drug-likeness (QED) is 0.677. The standard InChI is InChI=1S/C18H16ClNO2/c1-11-9-12(20)10-15(19)18(11)22-17-8-7-16(21-2)13-5-3-4-6-14(13)17/h3-10H,20H2,1-2H3. The normalized spacial score (nSPS) is 10.7. The number of benzene rings is 3. The number of hydrogen-bond acceptors (Lipinski definition) is 3. The predicted octanol–water partition coefficient (Wildman–Crippen LogP) is 5.18. The maximum atomic E-state index is 6.26. The molecule has 2 N–H and O–H groups in total. The summed E-state index contributed by atoms with van der Waals surface area (Å²) >= 11 is 6.26. The van der Waals surface area contributed by atoms with Crippen LogP contribution in [0.15, 0.2) is 48.5 Å². The highest BCUT2D eigenvalue weighted by Crippen LogP contribution is 2.39. The summed E-state index contributed by atoms with van der Waals surface area (Å²) in [5, 5.41) is 2.46. The van der Waals surface area contributed by atoms with E-state index >= 15 is 0 Å². The minimum atomic E-state index is 0.498. The van der Waals surface area contributed by atoms with Crippen LogP contribution in [0.2, 0.25) is 5.02 Å². The van der Waals surface area contributed by atoms with E-state index in [1.54, 1.807) is 13.2 Å². The van der Waals surface area contributed by atoms with E-state index in [1.165, 1.54) is 0 Å². The van der Waals surface area contributed by atoms with Crippen LogP contribution in [0.4, 0.5) is 5.69 Å². The van der Waals surface area contributed by atoms with Crippen molar-refractivity contribution in [1.29, 1.82) is 0 Å². The Labute approximate surface area is 134 Å². The van der Waals surface area contributed by atoms with Gasteiger partial charge >= 0.3 is 0 Å². The molecule has 3 rings (SSSR count). The summed E-state index contributed by atoms with van der Waals surface area (Å²) < 4.78 is 11.5. The summed E-state index contributed by atoms with van der Waals surface area (Å²) in [6.45, 7) is 1.92. The molecule has 0 bridgehead atoms. The Bertz CT molecular complexity index is 823. The lowest BCUT2D eigenvalue weighted by molar-refractivity contribution is 0.418. The molecule has 22 heavy (non-hydrogen) atoms. The highest BCUT2D eigenvalue weighted by Gasteiger charge is 2.12. The number of aryl methyl sites for hydroxylation is 1. The van der Waals surface area contributed by atoms with E-state index in [9.17, 15) is 0 Å². The van der Waals surface area contributed by atoms with Crippen LogP contribution in [0.25, 0.3) is 10.8 Å². The summed E-state index contributed by atoms with van der Waals surface area (Å²) in [4.78, 5) is 0. The second kappa shape index (κ2) is 5.78. The summed E-state index contributed by atoms with van der Waals surface area (Å²) in [7, 11) is 1.66. The van der Waals surface area contributed by atoms with Crippen LogP contribution in [0, 0.1) is 6.92 Å². The molecule has 0 heterocycles. The number of ether oxygens (including phenoxy) is 2. The van der Waals surface area contributed by atoms with Crippen molar-refractivity contribution in [3.63, 3.8) is 0 Å². The van der Waals surface area contributed by atoms with E-state index in [0.717, 1.165) is 27.8 Å². The Morgan fingerprint density at radius 3 is 2.23 bits per heavy atom. The average Bonchev–Trinajstić information content (AvgIpc) is 2.50. The van der Waals surface area contributed by atoms with Crippen LogP contribution >= 0.6 is 11.6 Å². The first-order valence-corrected chi connectivity index (χ1v) is 7.27. The molecule has 0 aromatic heterocycles. The Balaban J connectivity index is 2.13. The fourth-order valence-corrected chi connectivity index (χ4v) is 2.82. The molecule has 3 aromatic carbocycles. The molecule has 0 amide bonds. The van der Waals surface area contributed by atoms with Crippen molar-refractivity contribution in [3.8, 4) is 17.2 Å². The lowest BCUT2D eigenvalue weighted by atomic mass is 10.1. The third-order valence-corrected chi connectivity index (χ3v) is 3.81. The number of anilines is 1. The Kier molecular flexibility index (Phi) is 3.82. The number of hydrogen-bond donors (Lipinski definition) is 1.